The molecular weight excluding hydrogens is 224 g/mol. The first kappa shape index (κ1) is 11.0. The molecule has 1 atom stereocenters. The van der Waals surface area contributed by atoms with Gasteiger partial charge in [0, 0.05) is 6.20 Å². The zero-order valence-electron chi connectivity index (χ0n) is 9.04. The van der Waals surface area contributed by atoms with E-state index in [-0.39, 0.29) is 6.04 Å². The van der Waals surface area contributed by atoms with E-state index in [0.717, 1.165) is 16.1 Å². The molecule has 0 amide bonds. The highest BCUT2D eigenvalue weighted by Crippen LogP contribution is 2.25. The van der Waals surface area contributed by atoms with E-state index in [4.69, 9.17) is 10.5 Å². The Balaban J connectivity index is 2.33. The third-order valence-corrected chi connectivity index (χ3v) is 3.21. The van der Waals surface area contributed by atoms with Gasteiger partial charge in [0.25, 0.3) is 0 Å². The Morgan fingerprint density at radius 2 is 2.25 bits per heavy atom. The van der Waals surface area contributed by atoms with Crippen molar-refractivity contribution in [2.75, 3.05) is 7.11 Å². The second kappa shape index (κ2) is 4.54. The highest BCUT2D eigenvalue weighted by atomic mass is 32.1. The van der Waals surface area contributed by atoms with Crippen molar-refractivity contribution in [1.82, 2.24) is 14.6 Å². The van der Waals surface area contributed by atoms with Gasteiger partial charge in [-0.2, -0.15) is 0 Å². The largest absolute Gasteiger partial charge is 0.495 e. The van der Waals surface area contributed by atoms with Crippen LogP contribution in [0.1, 0.15) is 22.2 Å². The normalized spacial score (nSPS) is 12.4. The summed E-state index contributed by atoms with van der Waals surface area (Å²) in [6.07, 6.45) is 3.38. The van der Waals surface area contributed by atoms with E-state index in [1.807, 2.05) is 13.0 Å². The Labute approximate surface area is 97.4 Å². The van der Waals surface area contributed by atoms with Crippen molar-refractivity contribution in [2.24, 2.45) is 5.73 Å². The maximum Gasteiger partial charge on any atom is 0.137 e. The van der Waals surface area contributed by atoms with E-state index >= 15 is 0 Å². The van der Waals surface area contributed by atoms with Gasteiger partial charge in [0.1, 0.15) is 5.75 Å². The lowest BCUT2D eigenvalue weighted by atomic mass is 10.1. The number of aromatic nitrogens is 3. The molecule has 6 heteroatoms. The molecule has 2 heterocycles. The predicted molar refractivity (Wildman–Crippen MR) is 61.5 cm³/mol. The Kier molecular flexibility index (Phi) is 3.12. The number of hydrogen-bond acceptors (Lipinski definition) is 6. The van der Waals surface area contributed by atoms with Crippen LogP contribution in [0.2, 0.25) is 0 Å². The maximum absolute atomic E-state index is 6.12. The molecule has 0 fully saturated rings. The molecule has 0 aliphatic heterocycles. The summed E-state index contributed by atoms with van der Waals surface area (Å²) in [7, 11) is 1.60. The quantitative estimate of drug-likeness (QED) is 0.869. The van der Waals surface area contributed by atoms with Gasteiger partial charge in [0.15, 0.2) is 0 Å². The Bertz CT molecular complexity index is 485. The van der Waals surface area contributed by atoms with Crippen LogP contribution in [0.25, 0.3) is 0 Å². The minimum Gasteiger partial charge on any atom is -0.495 e. The van der Waals surface area contributed by atoms with Gasteiger partial charge >= 0.3 is 0 Å². The Morgan fingerprint density at radius 1 is 1.44 bits per heavy atom. The minimum absolute atomic E-state index is 0.248. The molecule has 84 valence electrons. The summed E-state index contributed by atoms with van der Waals surface area (Å²) in [5.41, 5.74) is 7.88. The number of methoxy groups -OCH3 is 1. The molecule has 16 heavy (non-hydrogen) atoms. The van der Waals surface area contributed by atoms with Crippen LogP contribution < -0.4 is 10.5 Å². The van der Waals surface area contributed by atoms with Gasteiger partial charge in [-0.15, -0.1) is 5.10 Å². The molecule has 5 nitrogen and oxygen atoms in total. The van der Waals surface area contributed by atoms with Crippen LogP contribution in [0.15, 0.2) is 18.5 Å². The first-order valence-electron chi connectivity index (χ1n) is 4.75. The van der Waals surface area contributed by atoms with E-state index in [0.29, 0.717) is 5.75 Å². The molecule has 0 aliphatic rings. The molecule has 2 rings (SSSR count). The summed E-state index contributed by atoms with van der Waals surface area (Å²) in [5, 5.41) is 3.94. The van der Waals surface area contributed by atoms with Crippen molar-refractivity contribution in [3.8, 4) is 5.75 Å². The standard InChI is InChI=1S/C10H12N4OS/c1-6-10(16-14-13-6)9(11)7-3-8(15-2)5-12-4-7/h3-5,9H,11H2,1-2H3. The summed E-state index contributed by atoms with van der Waals surface area (Å²) in [6, 6.07) is 1.62. The van der Waals surface area contributed by atoms with Crippen molar-refractivity contribution in [3.05, 3.63) is 34.6 Å². The van der Waals surface area contributed by atoms with Crippen LogP contribution in [-0.2, 0) is 0 Å². The fraction of sp³-hybridized carbons (Fsp3) is 0.300. The first-order chi connectivity index (χ1) is 7.72. The van der Waals surface area contributed by atoms with E-state index in [2.05, 4.69) is 14.6 Å². The van der Waals surface area contributed by atoms with Crippen LogP contribution in [0.4, 0.5) is 0 Å². The van der Waals surface area contributed by atoms with Crippen molar-refractivity contribution >= 4 is 11.5 Å². The number of pyridine rings is 1. The van der Waals surface area contributed by atoms with Crippen LogP contribution in [0.3, 0.4) is 0 Å². The van der Waals surface area contributed by atoms with Crippen molar-refractivity contribution < 1.29 is 4.74 Å². The Hall–Kier alpha value is -1.53. The average molecular weight is 236 g/mol. The van der Waals surface area contributed by atoms with Crippen molar-refractivity contribution in [2.45, 2.75) is 13.0 Å². The van der Waals surface area contributed by atoms with Gasteiger partial charge in [0.2, 0.25) is 0 Å². The fourth-order valence-corrected chi connectivity index (χ4v) is 2.07. The Morgan fingerprint density at radius 3 is 2.88 bits per heavy atom. The zero-order valence-corrected chi connectivity index (χ0v) is 9.86. The molecule has 0 radical (unpaired) electrons. The van der Waals surface area contributed by atoms with E-state index in [1.165, 1.54) is 11.5 Å². The van der Waals surface area contributed by atoms with Crippen molar-refractivity contribution in [3.63, 3.8) is 0 Å². The van der Waals surface area contributed by atoms with Gasteiger partial charge in [-0.05, 0) is 30.1 Å². The van der Waals surface area contributed by atoms with Gasteiger partial charge in [-0.3, -0.25) is 4.98 Å². The van der Waals surface area contributed by atoms with Gasteiger partial charge in [0.05, 0.1) is 29.9 Å². The molecule has 0 aromatic carbocycles. The predicted octanol–water partition coefficient (Wildman–Crippen LogP) is 1.30. The molecule has 0 spiro atoms. The number of rotatable bonds is 3. The third-order valence-electron chi connectivity index (χ3n) is 2.30. The van der Waals surface area contributed by atoms with Gasteiger partial charge in [-0.25, -0.2) is 0 Å². The fourth-order valence-electron chi connectivity index (χ4n) is 1.39. The number of aryl methyl sites for hydroxylation is 1. The van der Waals surface area contributed by atoms with Crippen LogP contribution >= 0.6 is 11.5 Å². The molecule has 0 bridgehead atoms. The van der Waals surface area contributed by atoms with Gasteiger partial charge < -0.3 is 10.5 Å². The van der Waals surface area contributed by atoms with Crippen LogP contribution in [-0.4, -0.2) is 21.7 Å². The smallest absolute Gasteiger partial charge is 0.137 e. The summed E-state index contributed by atoms with van der Waals surface area (Å²) in [5.74, 6) is 0.697. The van der Waals surface area contributed by atoms with Crippen molar-refractivity contribution in [1.29, 1.82) is 0 Å². The first-order valence-corrected chi connectivity index (χ1v) is 5.53. The topological polar surface area (TPSA) is 73.9 Å². The molecular formula is C10H12N4OS. The van der Waals surface area contributed by atoms with E-state index in [9.17, 15) is 0 Å². The zero-order chi connectivity index (χ0) is 11.5. The number of hydrogen-bond donors (Lipinski definition) is 1. The molecule has 0 saturated heterocycles. The molecule has 2 aromatic rings. The third kappa shape index (κ3) is 2.02. The average Bonchev–Trinajstić information content (AvgIpc) is 2.74. The monoisotopic (exact) mass is 236 g/mol. The lowest BCUT2D eigenvalue weighted by Crippen LogP contribution is -2.12. The highest BCUT2D eigenvalue weighted by Gasteiger charge is 2.15. The lowest BCUT2D eigenvalue weighted by Gasteiger charge is -2.10. The second-order valence-corrected chi connectivity index (χ2v) is 4.14. The van der Waals surface area contributed by atoms with E-state index in [1.54, 1.807) is 19.5 Å². The summed E-state index contributed by atoms with van der Waals surface area (Å²) < 4.78 is 8.98. The maximum atomic E-state index is 6.12. The second-order valence-electron chi connectivity index (χ2n) is 3.36. The number of nitrogens with two attached hydrogens (primary N) is 1. The lowest BCUT2D eigenvalue weighted by molar-refractivity contribution is 0.412. The van der Waals surface area contributed by atoms with Crippen LogP contribution in [0, 0.1) is 6.92 Å². The summed E-state index contributed by atoms with van der Waals surface area (Å²) in [6.45, 7) is 1.90. The molecule has 0 saturated carbocycles. The highest BCUT2D eigenvalue weighted by molar-refractivity contribution is 7.05. The summed E-state index contributed by atoms with van der Waals surface area (Å²) >= 11 is 1.31. The van der Waals surface area contributed by atoms with Gasteiger partial charge in [-0.1, -0.05) is 4.49 Å². The number of ether oxygens (including phenoxy) is 1. The molecule has 0 aliphatic carbocycles. The van der Waals surface area contributed by atoms with Crippen LogP contribution in [0.5, 0.6) is 5.75 Å². The van der Waals surface area contributed by atoms with E-state index < -0.39 is 0 Å². The molecule has 2 aromatic heterocycles. The SMILES string of the molecule is COc1cncc(C(N)c2snnc2C)c1. The minimum atomic E-state index is -0.248. The summed E-state index contributed by atoms with van der Waals surface area (Å²) in [4.78, 5) is 5.03. The molecule has 1 unspecified atom stereocenters. The molecule has 2 N–H and O–H groups in total. The number of nitrogens with zero attached hydrogens (tertiary/aromatic N) is 3.